The number of fused-ring (bicyclic) bond motifs is 1. The minimum atomic E-state index is -0.775. The van der Waals surface area contributed by atoms with Crippen LogP contribution in [0.25, 0.3) is 0 Å². The SMILES string of the molecule is C=CCOc1c(Br)cc(/C=N/NC(=O)C2COc3ccccc3O2)cc1OC. The Labute approximate surface area is 171 Å². The van der Waals surface area contributed by atoms with E-state index in [9.17, 15) is 4.79 Å². The van der Waals surface area contributed by atoms with Crippen molar-refractivity contribution in [3.05, 3.63) is 59.1 Å². The van der Waals surface area contributed by atoms with Crippen LogP contribution in [0.2, 0.25) is 0 Å². The van der Waals surface area contributed by atoms with Crippen LogP contribution in [0, 0.1) is 0 Å². The lowest BCUT2D eigenvalue weighted by molar-refractivity contribution is -0.130. The van der Waals surface area contributed by atoms with E-state index in [4.69, 9.17) is 18.9 Å². The summed E-state index contributed by atoms with van der Waals surface area (Å²) in [5.74, 6) is 1.84. The topological polar surface area (TPSA) is 78.4 Å². The molecule has 1 amide bonds. The van der Waals surface area contributed by atoms with Crippen LogP contribution in [0.1, 0.15) is 5.56 Å². The third-order valence-corrected chi connectivity index (χ3v) is 4.38. The quantitative estimate of drug-likeness (QED) is 0.401. The molecule has 0 aliphatic carbocycles. The van der Waals surface area contributed by atoms with Crippen molar-refractivity contribution in [2.24, 2.45) is 5.10 Å². The molecule has 1 heterocycles. The van der Waals surface area contributed by atoms with Gasteiger partial charge in [-0.1, -0.05) is 24.8 Å². The fourth-order valence-corrected chi connectivity index (χ4v) is 3.06. The van der Waals surface area contributed by atoms with E-state index in [1.54, 1.807) is 37.5 Å². The van der Waals surface area contributed by atoms with E-state index in [1.807, 2.05) is 12.1 Å². The largest absolute Gasteiger partial charge is 0.493 e. The number of halogens is 1. The Kier molecular flexibility index (Phi) is 6.54. The van der Waals surface area contributed by atoms with Gasteiger partial charge in [-0.3, -0.25) is 4.79 Å². The van der Waals surface area contributed by atoms with Crippen molar-refractivity contribution >= 4 is 28.1 Å². The van der Waals surface area contributed by atoms with E-state index >= 15 is 0 Å². The molecule has 0 aromatic heterocycles. The number of benzene rings is 2. The molecule has 2 aromatic carbocycles. The Balaban J connectivity index is 1.63. The van der Waals surface area contributed by atoms with Gasteiger partial charge in [-0.2, -0.15) is 5.10 Å². The standard InChI is InChI=1S/C20H19BrN2O5/c1-3-8-26-19-14(21)9-13(10-17(19)25-2)11-22-23-20(24)18-12-27-15-6-4-5-7-16(15)28-18/h3-7,9-11,18H,1,8,12H2,2H3,(H,23,24)/b22-11+. The Morgan fingerprint density at radius 2 is 2.18 bits per heavy atom. The molecule has 7 nitrogen and oxygen atoms in total. The van der Waals surface area contributed by atoms with E-state index < -0.39 is 12.0 Å². The zero-order valence-corrected chi connectivity index (χ0v) is 16.8. The molecule has 0 bridgehead atoms. The molecule has 1 unspecified atom stereocenters. The third kappa shape index (κ3) is 4.64. The highest BCUT2D eigenvalue weighted by atomic mass is 79.9. The monoisotopic (exact) mass is 446 g/mol. The maximum absolute atomic E-state index is 12.3. The van der Waals surface area contributed by atoms with Crippen molar-refractivity contribution in [2.75, 3.05) is 20.3 Å². The van der Waals surface area contributed by atoms with Gasteiger partial charge in [0.05, 0.1) is 17.8 Å². The molecule has 0 saturated carbocycles. The highest BCUT2D eigenvalue weighted by Gasteiger charge is 2.27. The van der Waals surface area contributed by atoms with E-state index in [0.29, 0.717) is 39.6 Å². The number of rotatable bonds is 7. The Hall–Kier alpha value is -3.00. The molecule has 0 radical (unpaired) electrons. The summed E-state index contributed by atoms with van der Waals surface area (Å²) in [6.07, 6.45) is 2.37. The molecule has 2 aromatic rings. The van der Waals surface area contributed by atoms with Gasteiger partial charge in [-0.05, 0) is 45.8 Å². The first kappa shape index (κ1) is 19.8. The molecular weight excluding hydrogens is 428 g/mol. The summed E-state index contributed by atoms with van der Waals surface area (Å²) in [4.78, 5) is 12.3. The van der Waals surface area contributed by atoms with Crippen LogP contribution in [-0.2, 0) is 4.79 Å². The number of hydrogen-bond acceptors (Lipinski definition) is 6. The van der Waals surface area contributed by atoms with E-state index in [-0.39, 0.29) is 6.61 Å². The number of methoxy groups -OCH3 is 1. The van der Waals surface area contributed by atoms with Crippen molar-refractivity contribution < 1.29 is 23.7 Å². The minimum Gasteiger partial charge on any atom is -0.493 e. The second-order valence-corrected chi connectivity index (χ2v) is 6.59. The number of nitrogens with zero attached hydrogens (tertiary/aromatic N) is 1. The number of ether oxygens (including phenoxy) is 4. The van der Waals surface area contributed by atoms with Gasteiger partial charge >= 0.3 is 0 Å². The summed E-state index contributed by atoms with van der Waals surface area (Å²) in [6, 6.07) is 10.7. The average Bonchev–Trinajstić information content (AvgIpc) is 2.72. The highest BCUT2D eigenvalue weighted by Crippen LogP contribution is 2.36. The zero-order chi connectivity index (χ0) is 19.9. The van der Waals surface area contributed by atoms with Gasteiger partial charge < -0.3 is 18.9 Å². The lowest BCUT2D eigenvalue weighted by Crippen LogP contribution is -2.42. The Bertz CT molecular complexity index is 900. The molecule has 1 aliphatic heterocycles. The lowest BCUT2D eigenvalue weighted by atomic mass is 10.2. The fraction of sp³-hybridized carbons (Fsp3) is 0.200. The van der Waals surface area contributed by atoms with Crippen LogP contribution in [0.15, 0.2) is 58.6 Å². The van der Waals surface area contributed by atoms with Crippen LogP contribution in [0.5, 0.6) is 23.0 Å². The first-order valence-corrected chi connectivity index (χ1v) is 9.24. The van der Waals surface area contributed by atoms with E-state index in [0.717, 1.165) is 0 Å². The first-order valence-electron chi connectivity index (χ1n) is 8.45. The zero-order valence-electron chi connectivity index (χ0n) is 15.2. The van der Waals surface area contributed by atoms with Crippen molar-refractivity contribution in [1.82, 2.24) is 5.43 Å². The summed E-state index contributed by atoms with van der Waals surface area (Å²) in [5, 5.41) is 3.99. The summed E-state index contributed by atoms with van der Waals surface area (Å²) in [6.45, 7) is 4.10. The molecule has 1 aliphatic rings. The minimum absolute atomic E-state index is 0.118. The van der Waals surface area contributed by atoms with Gasteiger partial charge in [-0.25, -0.2) is 5.43 Å². The number of nitrogens with one attached hydrogen (secondary N) is 1. The molecule has 8 heteroatoms. The lowest BCUT2D eigenvalue weighted by Gasteiger charge is -2.24. The molecule has 146 valence electrons. The summed E-state index contributed by atoms with van der Waals surface area (Å²) < 4.78 is 22.8. The normalized spacial score (nSPS) is 15.1. The predicted octanol–water partition coefficient (Wildman–Crippen LogP) is 3.31. The van der Waals surface area contributed by atoms with Crippen molar-refractivity contribution in [1.29, 1.82) is 0 Å². The number of carbonyl (C=O) groups is 1. The second kappa shape index (κ2) is 9.27. The fourth-order valence-electron chi connectivity index (χ4n) is 2.49. The molecule has 28 heavy (non-hydrogen) atoms. The van der Waals surface area contributed by atoms with Gasteiger partial charge in [0.25, 0.3) is 5.91 Å². The first-order chi connectivity index (χ1) is 13.6. The summed E-state index contributed by atoms with van der Waals surface area (Å²) in [5.41, 5.74) is 3.17. The molecule has 0 fully saturated rings. The number of hydrogen-bond donors (Lipinski definition) is 1. The Morgan fingerprint density at radius 3 is 2.93 bits per heavy atom. The third-order valence-electron chi connectivity index (χ3n) is 3.79. The van der Waals surface area contributed by atoms with Gasteiger partial charge in [0.15, 0.2) is 23.0 Å². The molecule has 0 spiro atoms. The predicted molar refractivity (Wildman–Crippen MR) is 108 cm³/mol. The van der Waals surface area contributed by atoms with Crippen LogP contribution in [0.4, 0.5) is 0 Å². The van der Waals surface area contributed by atoms with Crippen LogP contribution in [0.3, 0.4) is 0 Å². The van der Waals surface area contributed by atoms with Crippen LogP contribution in [-0.4, -0.2) is 38.5 Å². The smallest absolute Gasteiger partial charge is 0.284 e. The van der Waals surface area contributed by atoms with E-state index in [2.05, 4.69) is 33.0 Å². The number of amides is 1. The van der Waals surface area contributed by atoms with Gasteiger partial charge in [-0.15, -0.1) is 0 Å². The summed E-state index contributed by atoms with van der Waals surface area (Å²) >= 11 is 3.44. The van der Waals surface area contributed by atoms with Crippen molar-refractivity contribution in [2.45, 2.75) is 6.10 Å². The molecule has 3 rings (SSSR count). The van der Waals surface area contributed by atoms with Crippen molar-refractivity contribution in [3.8, 4) is 23.0 Å². The summed E-state index contributed by atoms with van der Waals surface area (Å²) in [7, 11) is 1.55. The van der Waals surface area contributed by atoms with Gasteiger partial charge in [0.1, 0.15) is 13.2 Å². The Morgan fingerprint density at radius 1 is 1.39 bits per heavy atom. The highest BCUT2D eigenvalue weighted by molar-refractivity contribution is 9.10. The van der Waals surface area contributed by atoms with Crippen LogP contribution >= 0.6 is 15.9 Å². The molecule has 1 atom stereocenters. The molecule has 1 N–H and O–H groups in total. The van der Waals surface area contributed by atoms with Crippen molar-refractivity contribution in [3.63, 3.8) is 0 Å². The maximum atomic E-state index is 12.3. The van der Waals surface area contributed by atoms with Gasteiger partial charge in [0, 0.05) is 0 Å². The molecular formula is C20H19BrN2O5. The second-order valence-electron chi connectivity index (χ2n) is 5.73. The maximum Gasteiger partial charge on any atom is 0.284 e. The van der Waals surface area contributed by atoms with E-state index in [1.165, 1.54) is 6.21 Å². The average molecular weight is 447 g/mol. The van der Waals surface area contributed by atoms with Crippen LogP contribution < -0.4 is 24.4 Å². The number of hydrazone groups is 1. The number of para-hydroxylation sites is 2. The number of carbonyl (C=O) groups excluding carboxylic acids is 1. The van der Waals surface area contributed by atoms with Gasteiger partial charge in [0.2, 0.25) is 6.10 Å². The molecule has 0 saturated heterocycles.